The van der Waals surface area contributed by atoms with Crippen LogP contribution in [0.3, 0.4) is 0 Å². The first-order chi connectivity index (χ1) is 9.72. The first-order valence-electron chi connectivity index (χ1n) is 6.69. The molecule has 2 aromatic rings. The van der Waals surface area contributed by atoms with Gasteiger partial charge in [-0.2, -0.15) is 0 Å². The largest absolute Gasteiger partial charge is 0.497 e. The Hall–Kier alpha value is -2.09. The molecule has 0 radical (unpaired) electrons. The third-order valence-electron chi connectivity index (χ3n) is 3.43. The van der Waals surface area contributed by atoms with Crippen molar-refractivity contribution in [1.29, 1.82) is 0 Å². The minimum absolute atomic E-state index is 0.0358. The van der Waals surface area contributed by atoms with Gasteiger partial charge in [-0.05, 0) is 42.7 Å². The molecule has 0 aliphatic carbocycles. The summed E-state index contributed by atoms with van der Waals surface area (Å²) >= 11 is 0. The van der Waals surface area contributed by atoms with E-state index in [1.54, 1.807) is 13.2 Å². The van der Waals surface area contributed by atoms with Gasteiger partial charge in [0.25, 0.3) is 0 Å². The molecule has 20 heavy (non-hydrogen) atoms. The number of ether oxygens (including phenoxy) is 1. The van der Waals surface area contributed by atoms with Crippen LogP contribution in [-0.4, -0.2) is 7.11 Å². The second-order valence-electron chi connectivity index (χ2n) is 4.89. The summed E-state index contributed by atoms with van der Waals surface area (Å²) in [5.74, 6) is 0.848. The van der Waals surface area contributed by atoms with Crippen molar-refractivity contribution in [3.05, 3.63) is 77.6 Å². The Morgan fingerprint density at radius 1 is 1.05 bits per heavy atom. The zero-order chi connectivity index (χ0) is 14.4. The van der Waals surface area contributed by atoms with E-state index in [0.717, 1.165) is 17.7 Å². The van der Waals surface area contributed by atoms with Crippen LogP contribution in [0.1, 0.15) is 22.6 Å². The Bertz CT molecular complexity index is 555. The summed E-state index contributed by atoms with van der Waals surface area (Å²) in [6.07, 6.45) is 3.01. The van der Waals surface area contributed by atoms with E-state index in [-0.39, 0.29) is 5.92 Å². The van der Waals surface area contributed by atoms with Crippen molar-refractivity contribution in [2.45, 2.75) is 19.3 Å². The van der Waals surface area contributed by atoms with Crippen LogP contribution in [0, 0.1) is 6.92 Å². The lowest BCUT2D eigenvalue weighted by Gasteiger charge is -2.14. The molecule has 0 bridgehead atoms. The first kappa shape index (κ1) is 14.3. The van der Waals surface area contributed by atoms with Crippen molar-refractivity contribution in [2.75, 3.05) is 7.11 Å². The molecule has 0 spiro atoms. The lowest BCUT2D eigenvalue weighted by atomic mass is 9.92. The average Bonchev–Trinajstić information content (AvgIpc) is 2.49. The highest BCUT2D eigenvalue weighted by Crippen LogP contribution is 2.25. The van der Waals surface area contributed by atoms with Gasteiger partial charge in [-0.3, -0.25) is 0 Å². The molecular weight excluding hydrogens is 251 g/mol. The SMILES string of the molecule is COc1ccc(C(C=CF)Cc2ccc(C)cc2)cc1. The van der Waals surface area contributed by atoms with Gasteiger partial charge in [0.05, 0.1) is 13.4 Å². The first-order valence-corrected chi connectivity index (χ1v) is 6.69. The minimum Gasteiger partial charge on any atom is -0.497 e. The number of methoxy groups -OCH3 is 1. The molecule has 0 aliphatic rings. The van der Waals surface area contributed by atoms with E-state index in [2.05, 4.69) is 31.2 Å². The van der Waals surface area contributed by atoms with Gasteiger partial charge in [0.15, 0.2) is 0 Å². The maximum absolute atomic E-state index is 12.6. The highest BCUT2D eigenvalue weighted by atomic mass is 19.1. The second kappa shape index (κ2) is 6.90. The molecule has 0 aromatic heterocycles. The van der Waals surface area contributed by atoms with E-state index < -0.39 is 0 Å². The van der Waals surface area contributed by atoms with E-state index in [4.69, 9.17) is 4.74 Å². The summed E-state index contributed by atoms with van der Waals surface area (Å²) in [5, 5.41) is 0. The predicted octanol–water partition coefficient (Wildman–Crippen LogP) is 4.81. The Labute approximate surface area is 119 Å². The van der Waals surface area contributed by atoms with Crippen LogP contribution in [0.25, 0.3) is 0 Å². The third kappa shape index (κ3) is 3.70. The number of benzene rings is 2. The fourth-order valence-corrected chi connectivity index (χ4v) is 2.21. The van der Waals surface area contributed by atoms with Crippen molar-refractivity contribution in [2.24, 2.45) is 0 Å². The van der Waals surface area contributed by atoms with Crippen LogP contribution < -0.4 is 4.74 Å². The lowest BCUT2D eigenvalue weighted by Crippen LogP contribution is -2.00. The third-order valence-corrected chi connectivity index (χ3v) is 3.43. The molecule has 1 atom stereocenters. The van der Waals surface area contributed by atoms with Crippen LogP contribution in [0.5, 0.6) is 5.75 Å². The molecule has 0 saturated carbocycles. The number of rotatable bonds is 5. The van der Waals surface area contributed by atoms with Crippen molar-refractivity contribution >= 4 is 0 Å². The Morgan fingerprint density at radius 2 is 1.70 bits per heavy atom. The molecule has 0 N–H and O–H groups in total. The standard InChI is InChI=1S/C18H19FO/c1-14-3-5-15(6-4-14)13-17(11-12-19)16-7-9-18(20-2)10-8-16/h3-12,17H,13H2,1-2H3. The smallest absolute Gasteiger partial charge is 0.118 e. The summed E-state index contributed by atoms with van der Waals surface area (Å²) in [6, 6.07) is 16.1. The molecule has 0 saturated heterocycles. The monoisotopic (exact) mass is 270 g/mol. The van der Waals surface area contributed by atoms with Crippen molar-refractivity contribution in [3.8, 4) is 5.75 Å². The Morgan fingerprint density at radius 3 is 2.25 bits per heavy atom. The van der Waals surface area contributed by atoms with Gasteiger partial charge in [-0.25, -0.2) is 4.39 Å². The normalized spacial score (nSPS) is 12.6. The van der Waals surface area contributed by atoms with Crippen LogP contribution >= 0.6 is 0 Å². The molecule has 0 fully saturated rings. The fraction of sp³-hybridized carbons (Fsp3) is 0.222. The van der Waals surface area contributed by atoms with E-state index >= 15 is 0 Å². The molecule has 0 aliphatic heterocycles. The number of allylic oxidation sites excluding steroid dienone is 1. The zero-order valence-corrected chi connectivity index (χ0v) is 11.8. The lowest BCUT2D eigenvalue weighted by molar-refractivity contribution is 0.414. The molecular formula is C18H19FO. The second-order valence-corrected chi connectivity index (χ2v) is 4.89. The summed E-state index contributed by atoms with van der Waals surface area (Å²) < 4.78 is 17.8. The molecule has 2 rings (SSSR count). The van der Waals surface area contributed by atoms with Crippen LogP contribution in [-0.2, 0) is 6.42 Å². The highest BCUT2D eigenvalue weighted by Gasteiger charge is 2.09. The van der Waals surface area contributed by atoms with E-state index in [0.29, 0.717) is 6.33 Å². The minimum atomic E-state index is 0.0358. The van der Waals surface area contributed by atoms with Gasteiger partial charge >= 0.3 is 0 Å². The molecule has 0 amide bonds. The van der Waals surface area contributed by atoms with Gasteiger partial charge in [0.2, 0.25) is 0 Å². The fourth-order valence-electron chi connectivity index (χ4n) is 2.21. The van der Waals surface area contributed by atoms with Gasteiger partial charge < -0.3 is 4.74 Å². The molecule has 1 unspecified atom stereocenters. The maximum atomic E-state index is 12.6. The van der Waals surface area contributed by atoms with Crippen LogP contribution in [0.2, 0.25) is 0 Å². The van der Waals surface area contributed by atoms with Crippen molar-refractivity contribution < 1.29 is 9.13 Å². The Kier molecular flexibility index (Phi) is 4.94. The quantitative estimate of drug-likeness (QED) is 0.757. The van der Waals surface area contributed by atoms with Crippen molar-refractivity contribution in [1.82, 2.24) is 0 Å². The molecule has 0 heterocycles. The summed E-state index contributed by atoms with van der Waals surface area (Å²) in [5.41, 5.74) is 3.52. The van der Waals surface area contributed by atoms with Crippen LogP contribution in [0.15, 0.2) is 60.9 Å². The summed E-state index contributed by atoms with van der Waals surface area (Å²) in [4.78, 5) is 0. The topological polar surface area (TPSA) is 9.23 Å². The van der Waals surface area contributed by atoms with Crippen molar-refractivity contribution in [3.63, 3.8) is 0 Å². The van der Waals surface area contributed by atoms with Gasteiger partial charge in [-0.15, -0.1) is 0 Å². The Balaban J connectivity index is 2.19. The number of halogens is 1. The number of hydrogen-bond donors (Lipinski definition) is 0. The van der Waals surface area contributed by atoms with E-state index in [1.807, 2.05) is 24.3 Å². The number of hydrogen-bond acceptors (Lipinski definition) is 1. The molecule has 2 heteroatoms. The van der Waals surface area contributed by atoms with Crippen LogP contribution in [0.4, 0.5) is 4.39 Å². The summed E-state index contributed by atoms with van der Waals surface area (Å²) in [6.45, 7) is 2.06. The number of aryl methyl sites for hydroxylation is 1. The van der Waals surface area contributed by atoms with Gasteiger partial charge in [-0.1, -0.05) is 42.0 Å². The van der Waals surface area contributed by atoms with E-state index in [1.165, 1.54) is 11.1 Å². The average molecular weight is 270 g/mol. The van der Waals surface area contributed by atoms with Gasteiger partial charge in [0, 0.05) is 5.92 Å². The van der Waals surface area contributed by atoms with E-state index in [9.17, 15) is 4.39 Å². The molecule has 104 valence electrons. The van der Waals surface area contributed by atoms with Gasteiger partial charge in [0.1, 0.15) is 5.75 Å². The highest BCUT2D eigenvalue weighted by molar-refractivity contribution is 5.33. The maximum Gasteiger partial charge on any atom is 0.118 e. The molecule has 1 nitrogen and oxygen atoms in total. The molecule has 2 aromatic carbocycles. The zero-order valence-electron chi connectivity index (χ0n) is 11.8. The predicted molar refractivity (Wildman–Crippen MR) is 80.9 cm³/mol. The summed E-state index contributed by atoms with van der Waals surface area (Å²) in [7, 11) is 1.64.